The topological polar surface area (TPSA) is 89.7 Å². The standard InChI is InChI=1S/C14H21NO5Si/c1-14(2,3)21(4,5)20-9-10-6-7-11(13(16)17)12(8-10)15(18)19/h6-8H,9H2,1-5H3,(H,16,17). The highest BCUT2D eigenvalue weighted by molar-refractivity contribution is 6.74. The molecule has 0 aliphatic heterocycles. The average molecular weight is 311 g/mol. The Balaban J connectivity index is 2.99. The van der Waals surface area contributed by atoms with Gasteiger partial charge >= 0.3 is 5.97 Å². The number of carbonyl (C=O) groups is 1. The lowest BCUT2D eigenvalue weighted by molar-refractivity contribution is -0.385. The molecule has 0 bridgehead atoms. The number of rotatable bonds is 5. The molecule has 1 aromatic carbocycles. The molecule has 0 fully saturated rings. The van der Waals surface area contributed by atoms with Gasteiger partial charge in [-0.05, 0) is 29.8 Å². The van der Waals surface area contributed by atoms with E-state index in [0.29, 0.717) is 5.56 Å². The van der Waals surface area contributed by atoms with Gasteiger partial charge in [0.2, 0.25) is 0 Å². The molecular formula is C14H21NO5Si. The lowest BCUT2D eigenvalue weighted by Gasteiger charge is -2.36. The van der Waals surface area contributed by atoms with Gasteiger partial charge in [-0.3, -0.25) is 10.1 Å². The van der Waals surface area contributed by atoms with Gasteiger partial charge in [0, 0.05) is 6.07 Å². The van der Waals surface area contributed by atoms with Crippen molar-refractivity contribution in [3.63, 3.8) is 0 Å². The zero-order valence-corrected chi connectivity index (χ0v) is 14.0. The average Bonchev–Trinajstić information content (AvgIpc) is 2.34. The Morgan fingerprint density at radius 2 is 1.95 bits per heavy atom. The monoisotopic (exact) mass is 311 g/mol. The molecule has 0 saturated carbocycles. The van der Waals surface area contributed by atoms with E-state index in [1.165, 1.54) is 12.1 Å². The van der Waals surface area contributed by atoms with Crippen LogP contribution in [0.3, 0.4) is 0 Å². The zero-order chi connectivity index (χ0) is 16.4. The molecule has 6 nitrogen and oxygen atoms in total. The Morgan fingerprint density at radius 1 is 1.38 bits per heavy atom. The maximum absolute atomic E-state index is 11.0. The number of hydrogen-bond acceptors (Lipinski definition) is 4. The number of aromatic carboxylic acids is 1. The molecule has 0 unspecified atom stereocenters. The second-order valence-electron chi connectivity index (χ2n) is 6.46. The third-order valence-corrected chi connectivity index (χ3v) is 8.37. The third-order valence-electron chi connectivity index (χ3n) is 3.90. The van der Waals surface area contributed by atoms with Crippen LogP contribution in [0, 0.1) is 10.1 Å². The van der Waals surface area contributed by atoms with Crippen LogP contribution < -0.4 is 0 Å². The number of hydrogen-bond donors (Lipinski definition) is 1. The molecule has 0 aromatic heterocycles. The first-order chi connectivity index (χ1) is 9.45. The minimum atomic E-state index is -1.95. The van der Waals surface area contributed by atoms with Gasteiger partial charge in [-0.1, -0.05) is 26.8 Å². The van der Waals surface area contributed by atoms with Gasteiger partial charge in [-0.2, -0.15) is 0 Å². The highest BCUT2D eigenvalue weighted by Crippen LogP contribution is 2.37. The van der Waals surface area contributed by atoms with Gasteiger partial charge in [0.15, 0.2) is 8.32 Å². The van der Waals surface area contributed by atoms with E-state index < -0.39 is 24.9 Å². The molecule has 0 saturated heterocycles. The van der Waals surface area contributed by atoms with Gasteiger partial charge in [-0.25, -0.2) is 4.79 Å². The molecule has 1 N–H and O–H groups in total. The molecule has 1 aromatic rings. The van der Waals surface area contributed by atoms with Crippen molar-refractivity contribution >= 4 is 20.0 Å². The van der Waals surface area contributed by atoms with E-state index in [1.54, 1.807) is 6.07 Å². The molecule has 0 heterocycles. The van der Waals surface area contributed by atoms with Crippen molar-refractivity contribution in [3.05, 3.63) is 39.4 Å². The quantitative estimate of drug-likeness (QED) is 0.507. The summed E-state index contributed by atoms with van der Waals surface area (Å²) in [6.45, 7) is 10.7. The number of benzene rings is 1. The van der Waals surface area contributed by atoms with Crippen molar-refractivity contribution in [3.8, 4) is 0 Å². The van der Waals surface area contributed by atoms with Crippen LogP contribution in [0.2, 0.25) is 18.1 Å². The van der Waals surface area contributed by atoms with E-state index in [1.807, 2.05) is 0 Å². The first-order valence-electron chi connectivity index (χ1n) is 6.60. The lowest BCUT2D eigenvalue weighted by atomic mass is 10.1. The Labute approximate surface area is 125 Å². The molecular weight excluding hydrogens is 290 g/mol. The molecule has 0 spiro atoms. The van der Waals surface area contributed by atoms with Crippen molar-refractivity contribution in [2.24, 2.45) is 0 Å². The number of nitro groups is 1. The Bertz CT molecular complexity index is 563. The highest BCUT2D eigenvalue weighted by Gasteiger charge is 2.37. The largest absolute Gasteiger partial charge is 0.477 e. The molecule has 0 atom stereocenters. The summed E-state index contributed by atoms with van der Waals surface area (Å²) in [6.07, 6.45) is 0. The fraction of sp³-hybridized carbons (Fsp3) is 0.500. The van der Waals surface area contributed by atoms with Crippen LogP contribution in [0.25, 0.3) is 0 Å². The SMILES string of the molecule is CC(C)(C)[Si](C)(C)OCc1ccc(C(=O)O)c([N+](=O)[O-])c1. The molecule has 0 aliphatic carbocycles. The van der Waals surface area contributed by atoms with Gasteiger partial charge < -0.3 is 9.53 Å². The van der Waals surface area contributed by atoms with E-state index >= 15 is 0 Å². The van der Waals surface area contributed by atoms with Gasteiger partial charge in [0.05, 0.1) is 11.5 Å². The molecule has 116 valence electrons. The maximum atomic E-state index is 11.0. The molecule has 0 amide bonds. The van der Waals surface area contributed by atoms with Crippen LogP contribution in [0.1, 0.15) is 36.7 Å². The van der Waals surface area contributed by atoms with E-state index in [-0.39, 0.29) is 17.2 Å². The van der Waals surface area contributed by atoms with E-state index in [9.17, 15) is 14.9 Å². The predicted molar refractivity (Wildman–Crippen MR) is 82.0 cm³/mol. The van der Waals surface area contributed by atoms with E-state index in [0.717, 1.165) is 0 Å². The maximum Gasteiger partial charge on any atom is 0.342 e. The minimum Gasteiger partial charge on any atom is -0.477 e. The van der Waals surface area contributed by atoms with Gasteiger partial charge in [0.1, 0.15) is 5.56 Å². The summed E-state index contributed by atoms with van der Waals surface area (Å²) in [6, 6.07) is 4.09. The molecule has 0 radical (unpaired) electrons. The van der Waals surface area contributed by atoms with E-state index in [4.69, 9.17) is 9.53 Å². The van der Waals surface area contributed by atoms with E-state index in [2.05, 4.69) is 33.9 Å². The van der Waals surface area contributed by atoms with Crippen molar-refractivity contribution < 1.29 is 19.3 Å². The number of carboxylic acid groups (broad SMARTS) is 1. The lowest BCUT2D eigenvalue weighted by Crippen LogP contribution is -2.40. The van der Waals surface area contributed by atoms with Crippen molar-refractivity contribution in [1.29, 1.82) is 0 Å². The molecule has 0 aliphatic rings. The second kappa shape index (κ2) is 5.95. The van der Waals surface area contributed by atoms with Gasteiger partial charge in [0.25, 0.3) is 5.69 Å². The van der Waals surface area contributed by atoms with Crippen molar-refractivity contribution in [2.75, 3.05) is 0 Å². The fourth-order valence-corrected chi connectivity index (χ4v) is 2.44. The molecule has 1 rings (SSSR count). The normalized spacial score (nSPS) is 12.2. The Hall–Kier alpha value is -1.73. The van der Waals surface area contributed by atoms with Crippen LogP contribution in [0.4, 0.5) is 5.69 Å². The third kappa shape index (κ3) is 4.12. The number of nitrogens with zero attached hydrogens (tertiary/aromatic N) is 1. The van der Waals surface area contributed by atoms with Crippen LogP contribution >= 0.6 is 0 Å². The number of nitro benzene ring substituents is 1. The summed E-state index contributed by atoms with van der Waals surface area (Å²) in [5, 5.41) is 19.9. The van der Waals surface area contributed by atoms with Crippen LogP contribution in [0.5, 0.6) is 0 Å². The summed E-state index contributed by atoms with van der Waals surface area (Å²) in [5.41, 5.74) is -0.105. The van der Waals surface area contributed by atoms with Crippen molar-refractivity contribution in [2.45, 2.75) is 45.5 Å². The van der Waals surface area contributed by atoms with Crippen LogP contribution in [-0.2, 0) is 11.0 Å². The van der Waals surface area contributed by atoms with Crippen LogP contribution in [-0.4, -0.2) is 24.3 Å². The summed E-state index contributed by atoms with van der Waals surface area (Å²) in [5.74, 6) is -1.31. The first kappa shape index (κ1) is 17.3. The first-order valence-corrected chi connectivity index (χ1v) is 9.51. The molecule has 21 heavy (non-hydrogen) atoms. The number of carboxylic acids is 1. The Kier molecular flexibility index (Phi) is 4.90. The highest BCUT2D eigenvalue weighted by atomic mass is 28.4. The summed E-state index contributed by atoms with van der Waals surface area (Å²) in [7, 11) is -1.95. The zero-order valence-electron chi connectivity index (χ0n) is 13.0. The van der Waals surface area contributed by atoms with Gasteiger partial charge in [-0.15, -0.1) is 0 Å². The minimum absolute atomic E-state index is 0.0416. The second-order valence-corrected chi connectivity index (χ2v) is 11.3. The summed E-state index contributed by atoms with van der Waals surface area (Å²) < 4.78 is 5.98. The predicted octanol–water partition coefficient (Wildman–Crippen LogP) is 3.81. The van der Waals surface area contributed by atoms with Crippen LogP contribution in [0.15, 0.2) is 18.2 Å². The fourth-order valence-electron chi connectivity index (χ4n) is 1.48. The summed E-state index contributed by atoms with van der Waals surface area (Å²) in [4.78, 5) is 21.2. The Morgan fingerprint density at radius 3 is 2.38 bits per heavy atom. The molecule has 7 heteroatoms. The smallest absolute Gasteiger partial charge is 0.342 e. The van der Waals surface area contributed by atoms with Crippen molar-refractivity contribution in [1.82, 2.24) is 0 Å². The summed E-state index contributed by atoms with van der Waals surface area (Å²) >= 11 is 0.